The first-order chi connectivity index (χ1) is 33.8. The van der Waals surface area contributed by atoms with E-state index in [0.717, 1.165) is 99.0 Å². The Morgan fingerprint density at radius 2 is 1.17 bits per heavy atom. The Morgan fingerprint density at radius 1 is 0.486 bits per heavy atom. The number of imidazole rings is 1. The number of benzene rings is 9. The molecule has 340 valence electrons. The molecule has 0 fully saturated rings. The van der Waals surface area contributed by atoms with Gasteiger partial charge in [0.25, 0.3) is 0 Å². The van der Waals surface area contributed by atoms with Crippen LogP contribution in [0.4, 0.5) is 0 Å². The summed E-state index contributed by atoms with van der Waals surface area (Å²) in [6.45, 7) is 6.76. The molecule has 5 nitrogen and oxygen atoms in total. The smallest absolute Gasteiger partial charge is 0.136 e. The van der Waals surface area contributed by atoms with Gasteiger partial charge < -0.3 is 18.0 Å². The van der Waals surface area contributed by atoms with Crippen LogP contribution in [0, 0.1) is 12.1 Å². The maximum atomic E-state index is 6.76. The zero-order valence-corrected chi connectivity index (χ0v) is 41.1. The molecule has 4 heterocycles. The molecule has 0 aliphatic carbocycles. The van der Waals surface area contributed by atoms with Crippen molar-refractivity contribution in [1.29, 1.82) is 0 Å². The average molecular weight is 1080 g/mol. The number of aromatic nitrogens is 4. The molecule has 0 unspecified atom stereocenters. The SMILES string of the molecule is CC(C)(C)c1ccc(-c2ccc3c(c2)c2ccc4[c-]c2n3c2cccc(n2)c2cccc(c2)c2ccccc2c2cccc(-c3ccccc3)c2n2[cH-]n(c3[c-]c(ccc3)o4)-c3ccccc3-2)cc1.[Pt]. The number of hydrogen-bond acceptors (Lipinski definition) is 2. The van der Waals surface area contributed by atoms with Crippen LogP contribution < -0.4 is 0 Å². The molecular formula is C64H45N4OPt-3. The Hall–Kier alpha value is -8.11. The zero-order chi connectivity index (χ0) is 46.2. The Morgan fingerprint density at radius 3 is 2.00 bits per heavy atom. The first-order valence-electron chi connectivity index (χ1n) is 23.5. The van der Waals surface area contributed by atoms with Crippen LogP contribution in [0.2, 0.25) is 0 Å². The number of rotatable bonds is 2. The van der Waals surface area contributed by atoms with Crippen molar-refractivity contribution in [1.82, 2.24) is 18.5 Å². The van der Waals surface area contributed by atoms with Crippen LogP contribution in [0.15, 0.2) is 223 Å². The molecule has 0 radical (unpaired) electrons. The minimum absolute atomic E-state index is 0. The van der Waals surface area contributed by atoms with E-state index in [1.165, 1.54) is 11.1 Å². The molecule has 1 aliphatic heterocycles. The van der Waals surface area contributed by atoms with Gasteiger partial charge in [0.05, 0.1) is 5.52 Å². The monoisotopic (exact) mass is 1080 g/mol. The summed E-state index contributed by atoms with van der Waals surface area (Å²) in [7, 11) is 0. The van der Waals surface area contributed by atoms with Gasteiger partial charge in [-0.2, -0.15) is 24.3 Å². The Balaban J connectivity index is 0.00000505. The van der Waals surface area contributed by atoms with Gasteiger partial charge >= 0.3 is 0 Å². The molecule has 10 bridgehead atoms. The van der Waals surface area contributed by atoms with E-state index >= 15 is 0 Å². The number of pyridine rings is 1. The van der Waals surface area contributed by atoms with Crippen LogP contribution >= 0.6 is 0 Å². The molecule has 0 atom stereocenters. The fourth-order valence-electron chi connectivity index (χ4n) is 10.2. The molecule has 0 spiro atoms. The van der Waals surface area contributed by atoms with Crippen LogP contribution in [0.1, 0.15) is 26.3 Å². The predicted octanol–water partition coefficient (Wildman–Crippen LogP) is 16.8. The summed E-state index contributed by atoms with van der Waals surface area (Å²) in [5.41, 5.74) is 14.7. The minimum atomic E-state index is 0. The second-order valence-corrected chi connectivity index (χ2v) is 18.9. The van der Waals surface area contributed by atoms with Crippen molar-refractivity contribution in [2.75, 3.05) is 0 Å². The summed E-state index contributed by atoms with van der Waals surface area (Å²) >= 11 is 0. The first kappa shape index (κ1) is 43.2. The second kappa shape index (κ2) is 17.1. The largest absolute Gasteiger partial charge is 0.510 e. The van der Waals surface area contributed by atoms with Crippen LogP contribution in [-0.2, 0) is 26.5 Å². The number of hydrogen-bond donors (Lipinski definition) is 0. The molecule has 0 amide bonds. The fraction of sp³-hybridized carbons (Fsp3) is 0.0625. The van der Waals surface area contributed by atoms with Gasteiger partial charge in [-0.3, -0.25) is 0 Å². The number of para-hydroxylation sites is 3. The minimum Gasteiger partial charge on any atom is -0.510 e. The van der Waals surface area contributed by atoms with Crippen LogP contribution in [0.5, 0.6) is 0 Å². The maximum absolute atomic E-state index is 6.76. The molecule has 3 aromatic heterocycles. The van der Waals surface area contributed by atoms with Gasteiger partial charge in [0.15, 0.2) is 0 Å². The maximum Gasteiger partial charge on any atom is 0.136 e. The second-order valence-electron chi connectivity index (χ2n) is 18.9. The molecule has 13 rings (SSSR count). The molecule has 0 N–H and O–H groups in total. The number of fused-ring (bicyclic) bond motifs is 23. The van der Waals surface area contributed by atoms with E-state index in [1.807, 2.05) is 18.2 Å². The van der Waals surface area contributed by atoms with Crippen LogP contribution in [0.3, 0.4) is 0 Å². The Bertz CT molecular complexity index is 4290. The van der Waals surface area contributed by atoms with Crippen LogP contribution in [-0.4, -0.2) is 18.5 Å². The predicted molar refractivity (Wildman–Crippen MR) is 287 cm³/mol. The van der Waals surface area contributed by atoms with Crippen molar-refractivity contribution in [2.45, 2.75) is 26.2 Å². The Labute approximate surface area is 419 Å². The molecular weight excluding hydrogens is 1040 g/mol. The molecule has 0 saturated heterocycles. The summed E-state index contributed by atoms with van der Waals surface area (Å²) in [6.07, 6.45) is 2.19. The van der Waals surface area contributed by atoms with Crippen molar-refractivity contribution in [3.05, 3.63) is 236 Å². The van der Waals surface area contributed by atoms with E-state index in [9.17, 15) is 0 Å². The molecule has 0 saturated carbocycles. The molecule has 9 aromatic carbocycles. The van der Waals surface area contributed by atoms with Crippen molar-refractivity contribution in [2.24, 2.45) is 0 Å². The third kappa shape index (κ3) is 7.37. The first-order valence-corrected chi connectivity index (χ1v) is 23.5. The normalized spacial score (nSPS) is 11.8. The van der Waals surface area contributed by atoms with E-state index in [2.05, 4.69) is 247 Å². The average Bonchev–Trinajstić information content (AvgIpc) is 3.94. The van der Waals surface area contributed by atoms with Crippen LogP contribution in [0.25, 0.3) is 116 Å². The topological polar surface area (TPSA) is 40.3 Å². The van der Waals surface area contributed by atoms with Crippen molar-refractivity contribution >= 4 is 82.1 Å². The molecule has 6 heteroatoms. The molecule has 70 heavy (non-hydrogen) atoms. The quantitative estimate of drug-likeness (QED) is 0.162. The summed E-state index contributed by atoms with van der Waals surface area (Å²) < 4.78 is 13.5. The third-order valence-corrected chi connectivity index (χ3v) is 13.6. The van der Waals surface area contributed by atoms with Crippen molar-refractivity contribution < 1.29 is 25.5 Å². The standard InChI is InChI=1S/C64H45N4O.Pt/c1-64(2,3)47-32-29-42(30-33-47)44-31-36-58-56(38-44)54-35-34-50-40-61(54)68(58)62-28-14-25-57(65-62)46-18-11-17-45(37-46)51-21-7-8-22-53(51)55-24-13-23-52(43-15-5-4-6-16-43)63(55)67-41-66(59-26-9-10-27-60(59)67)48-19-12-20-49(39-48)69-50;/h4-38,41H,1-3H3;/q-3;. The van der Waals surface area contributed by atoms with Gasteiger partial charge in [0.1, 0.15) is 5.65 Å². The van der Waals surface area contributed by atoms with Gasteiger partial charge in [-0.05, 0) is 101 Å². The van der Waals surface area contributed by atoms with E-state index in [0.29, 0.717) is 11.2 Å². The van der Waals surface area contributed by atoms with Gasteiger partial charge in [0.2, 0.25) is 0 Å². The Kier molecular flexibility index (Phi) is 10.6. The van der Waals surface area contributed by atoms with E-state index in [4.69, 9.17) is 9.40 Å². The van der Waals surface area contributed by atoms with Gasteiger partial charge in [-0.25, -0.2) is 4.98 Å². The van der Waals surface area contributed by atoms with Gasteiger partial charge in [-0.15, -0.1) is 29.1 Å². The summed E-state index contributed by atoms with van der Waals surface area (Å²) in [4.78, 5) is 5.45. The third-order valence-electron chi connectivity index (χ3n) is 13.6. The van der Waals surface area contributed by atoms with E-state index in [-0.39, 0.29) is 26.5 Å². The van der Waals surface area contributed by atoms with Gasteiger partial charge in [-0.1, -0.05) is 184 Å². The molecule has 1 aliphatic rings. The van der Waals surface area contributed by atoms with Gasteiger partial charge in [0, 0.05) is 49.5 Å². The summed E-state index contributed by atoms with van der Waals surface area (Å²) in [6, 6.07) is 83.1. The zero-order valence-electron chi connectivity index (χ0n) is 38.8. The fourth-order valence-corrected chi connectivity index (χ4v) is 10.2. The van der Waals surface area contributed by atoms with E-state index in [1.54, 1.807) is 0 Å². The number of nitrogens with zero attached hydrogens (tertiary/aromatic N) is 4. The summed E-state index contributed by atoms with van der Waals surface area (Å²) in [5.74, 6) is 0. The molecule has 12 aromatic rings. The van der Waals surface area contributed by atoms with Crippen molar-refractivity contribution in [3.8, 4) is 33.6 Å². The van der Waals surface area contributed by atoms with E-state index < -0.39 is 0 Å². The van der Waals surface area contributed by atoms with Crippen molar-refractivity contribution in [3.63, 3.8) is 0 Å². The summed E-state index contributed by atoms with van der Waals surface area (Å²) in [5, 5.41) is 7.67.